The summed E-state index contributed by atoms with van der Waals surface area (Å²) in [7, 11) is 1.86. The molecule has 3 heteroatoms. The minimum absolute atomic E-state index is 0.166. The summed E-state index contributed by atoms with van der Waals surface area (Å²) in [4.78, 5) is 11.0. The van der Waals surface area contributed by atoms with Gasteiger partial charge in [0.2, 0.25) is 0 Å². The van der Waals surface area contributed by atoms with Gasteiger partial charge in [-0.25, -0.2) is 0 Å². The van der Waals surface area contributed by atoms with Gasteiger partial charge in [-0.1, -0.05) is 24.6 Å². The molecular weight excluding hydrogens is 202 g/mol. The highest BCUT2D eigenvalue weighted by Gasteiger charge is 2.19. The topological polar surface area (TPSA) is 49.3 Å². The standard InChI is InChI=1S/C7H13NO.C6H6O/c1-8-6-4-2-3-5-7(6)9;7-6-4-2-1-3-5-6/h6,8H,2-5H2,1H3;1-5,7H/t6-;/m0./s1. The molecule has 0 aromatic heterocycles. The molecule has 0 aliphatic heterocycles. The molecule has 2 N–H and O–H groups in total. The molecule has 0 bridgehead atoms. The Hall–Kier alpha value is -1.35. The number of phenolic OH excluding ortho intramolecular Hbond substituents is 1. The highest BCUT2D eigenvalue weighted by molar-refractivity contribution is 5.84. The highest BCUT2D eigenvalue weighted by atomic mass is 16.3. The normalized spacial score (nSPS) is 19.8. The van der Waals surface area contributed by atoms with Crippen LogP contribution < -0.4 is 5.32 Å². The van der Waals surface area contributed by atoms with Crippen LogP contribution in [0.1, 0.15) is 25.7 Å². The molecule has 1 fully saturated rings. The van der Waals surface area contributed by atoms with E-state index in [-0.39, 0.29) is 6.04 Å². The van der Waals surface area contributed by atoms with Crippen LogP contribution in [0.5, 0.6) is 5.75 Å². The lowest BCUT2D eigenvalue weighted by Gasteiger charge is -2.18. The highest BCUT2D eigenvalue weighted by Crippen LogP contribution is 2.13. The number of Topliss-reactive ketones (excluding diaryl/α,β-unsaturated/α-hetero) is 1. The average Bonchev–Trinajstić information content (AvgIpc) is 2.31. The Morgan fingerprint density at radius 2 is 1.94 bits per heavy atom. The van der Waals surface area contributed by atoms with E-state index in [4.69, 9.17) is 5.11 Å². The predicted octanol–water partition coefficient (Wildman–Crippen LogP) is 2.11. The zero-order chi connectivity index (χ0) is 11.8. The Labute approximate surface area is 96.5 Å². The van der Waals surface area contributed by atoms with Crippen LogP contribution in [0.2, 0.25) is 0 Å². The Balaban J connectivity index is 0.000000165. The molecule has 1 aromatic rings. The lowest BCUT2D eigenvalue weighted by atomic mass is 9.94. The Morgan fingerprint density at radius 3 is 2.31 bits per heavy atom. The molecule has 0 unspecified atom stereocenters. The first-order valence-corrected chi connectivity index (χ1v) is 5.68. The van der Waals surface area contributed by atoms with Crippen molar-refractivity contribution in [3.05, 3.63) is 30.3 Å². The molecule has 0 radical (unpaired) electrons. The van der Waals surface area contributed by atoms with Crippen molar-refractivity contribution in [2.24, 2.45) is 0 Å². The van der Waals surface area contributed by atoms with Gasteiger partial charge in [0, 0.05) is 6.42 Å². The van der Waals surface area contributed by atoms with E-state index in [9.17, 15) is 4.79 Å². The van der Waals surface area contributed by atoms with Gasteiger partial charge in [0.25, 0.3) is 0 Å². The molecular formula is C13H19NO2. The molecule has 1 atom stereocenters. The number of likely N-dealkylation sites (N-methyl/N-ethyl adjacent to an activating group) is 1. The van der Waals surface area contributed by atoms with Crippen LogP contribution in [0, 0.1) is 0 Å². The van der Waals surface area contributed by atoms with Gasteiger partial charge >= 0.3 is 0 Å². The van der Waals surface area contributed by atoms with Gasteiger partial charge in [0.15, 0.2) is 0 Å². The summed E-state index contributed by atoms with van der Waals surface area (Å²) >= 11 is 0. The zero-order valence-electron chi connectivity index (χ0n) is 9.65. The number of rotatable bonds is 1. The molecule has 0 amide bonds. The molecule has 0 spiro atoms. The summed E-state index contributed by atoms with van der Waals surface area (Å²) in [6.07, 6.45) is 4.12. The maximum Gasteiger partial charge on any atom is 0.149 e. The van der Waals surface area contributed by atoms with Gasteiger partial charge in [-0.05, 0) is 32.0 Å². The summed E-state index contributed by atoms with van der Waals surface area (Å²) in [6.45, 7) is 0. The van der Waals surface area contributed by atoms with Gasteiger partial charge in [-0.15, -0.1) is 0 Å². The first-order chi connectivity index (χ1) is 7.74. The lowest BCUT2D eigenvalue weighted by molar-refractivity contribution is -0.122. The molecule has 1 saturated carbocycles. The van der Waals surface area contributed by atoms with Crippen molar-refractivity contribution in [3.8, 4) is 5.75 Å². The van der Waals surface area contributed by atoms with Crippen LogP contribution in [-0.4, -0.2) is 24.0 Å². The van der Waals surface area contributed by atoms with E-state index in [1.165, 1.54) is 6.42 Å². The fraction of sp³-hybridized carbons (Fsp3) is 0.462. The van der Waals surface area contributed by atoms with Crippen molar-refractivity contribution in [2.45, 2.75) is 31.7 Å². The summed E-state index contributed by atoms with van der Waals surface area (Å²) in [5.41, 5.74) is 0. The van der Waals surface area contributed by atoms with E-state index in [0.29, 0.717) is 11.5 Å². The van der Waals surface area contributed by atoms with Gasteiger partial charge in [0.1, 0.15) is 11.5 Å². The number of carbonyl (C=O) groups is 1. The number of ketones is 1. The monoisotopic (exact) mass is 221 g/mol. The predicted molar refractivity (Wildman–Crippen MR) is 64.4 cm³/mol. The third-order valence-electron chi connectivity index (χ3n) is 2.66. The minimum atomic E-state index is 0.166. The number of para-hydroxylation sites is 1. The van der Waals surface area contributed by atoms with Crippen LogP contribution in [0.4, 0.5) is 0 Å². The van der Waals surface area contributed by atoms with Crippen molar-refractivity contribution < 1.29 is 9.90 Å². The maximum absolute atomic E-state index is 11.0. The minimum Gasteiger partial charge on any atom is -0.508 e. The number of aromatic hydroxyl groups is 1. The number of phenols is 1. The average molecular weight is 221 g/mol. The van der Waals surface area contributed by atoms with E-state index in [1.807, 2.05) is 13.1 Å². The Kier molecular flexibility index (Phi) is 5.57. The third-order valence-corrected chi connectivity index (χ3v) is 2.66. The van der Waals surface area contributed by atoms with Crippen LogP contribution >= 0.6 is 0 Å². The van der Waals surface area contributed by atoms with Crippen LogP contribution in [0.15, 0.2) is 30.3 Å². The summed E-state index contributed by atoms with van der Waals surface area (Å²) in [6, 6.07) is 8.88. The second-order valence-corrected chi connectivity index (χ2v) is 3.89. The maximum atomic E-state index is 11.0. The van der Waals surface area contributed by atoms with Crippen molar-refractivity contribution in [1.29, 1.82) is 0 Å². The molecule has 16 heavy (non-hydrogen) atoms. The Bertz CT molecular complexity index is 311. The summed E-state index contributed by atoms with van der Waals surface area (Å²) < 4.78 is 0. The largest absolute Gasteiger partial charge is 0.508 e. The summed E-state index contributed by atoms with van der Waals surface area (Å²) in [5.74, 6) is 0.714. The van der Waals surface area contributed by atoms with Gasteiger partial charge in [0.05, 0.1) is 6.04 Å². The van der Waals surface area contributed by atoms with E-state index < -0.39 is 0 Å². The lowest BCUT2D eigenvalue weighted by Crippen LogP contribution is -2.36. The number of nitrogens with one attached hydrogen (secondary N) is 1. The molecule has 1 aromatic carbocycles. The van der Waals surface area contributed by atoms with Crippen LogP contribution in [0.3, 0.4) is 0 Å². The van der Waals surface area contributed by atoms with Crippen molar-refractivity contribution in [2.75, 3.05) is 7.05 Å². The van der Waals surface area contributed by atoms with Gasteiger partial charge in [-0.3, -0.25) is 4.79 Å². The SMILES string of the molecule is CN[C@H]1CCCCC1=O.Oc1ccccc1. The van der Waals surface area contributed by atoms with E-state index >= 15 is 0 Å². The van der Waals surface area contributed by atoms with Crippen LogP contribution in [-0.2, 0) is 4.79 Å². The third kappa shape index (κ3) is 4.45. The molecule has 88 valence electrons. The number of benzene rings is 1. The number of hydrogen-bond donors (Lipinski definition) is 2. The molecule has 3 nitrogen and oxygen atoms in total. The van der Waals surface area contributed by atoms with Crippen LogP contribution in [0.25, 0.3) is 0 Å². The van der Waals surface area contributed by atoms with E-state index in [0.717, 1.165) is 19.3 Å². The van der Waals surface area contributed by atoms with Gasteiger partial charge in [-0.2, -0.15) is 0 Å². The van der Waals surface area contributed by atoms with Crippen molar-refractivity contribution in [1.82, 2.24) is 5.32 Å². The van der Waals surface area contributed by atoms with Crippen molar-refractivity contribution >= 4 is 5.78 Å². The van der Waals surface area contributed by atoms with E-state index in [2.05, 4.69) is 5.32 Å². The molecule has 1 aliphatic rings. The first-order valence-electron chi connectivity index (χ1n) is 5.68. The Morgan fingerprint density at radius 1 is 1.25 bits per heavy atom. The second kappa shape index (κ2) is 7.01. The van der Waals surface area contributed by atoms with Gasteiger partial charge < -0.3 is 10.4 Å². The van der Waals surface area contributed by atoms with Crippen molar-refractivity contribution in [3.63, 3.8) is 0 Å². The molecule has 0 saturated heterocycles. The molecule has 2 rings (SSSR count). The fourth-order valence-electron chi connectivity index (χ4n) is 1.72. The second-order valence-electron chi connectivity index (χ2n) is 3.89. The first kappa shape index (κ1) is 12.7. The fourth-order valence-corrected chi connectivity index (χ4v) is 1.72. The summed E-state index contributed by atoms with van der Waals surface area (Å²) in [5, 5.41) is 11.6. The zero-order valence-corrected chi connectivity index (χ0v) is 9.65. The molecule has 0 heterocycles. The smallest absolute Gasteiger partial charge is 0.149 e. The molecule has 1 aliphatic carbocycles. The van der Waals surface area contributed by atoms with E-state index in [1.54, 1.807) is 24.3 Å². The quantitative estimate of drug-likeness (QED) is 0.763. The number of carbonyl (C=O) groups excluding carboxylic acids is 1. The number of hydrogen-bond acceptors (Lipinski definition) is 3.